The summed E-state index contributed by atoms with van der Waals surface area (Å²) in [5, 5.41) is 0. The van der Waals surface area contributed by atoms with E-state index in [1.165, 1.54) is 12.1 Å². The Hall–Kier alpha value is -2.47. The van der Waals surface area contributed by atoms with E-state index in [0.717, 1.165) is 5.56 Å². The molecule has 1 fully saturated rings. The SMILES string of the molecule is CC(C)Oc1cccnc1C(=O)N1CCO[C@@H](c2cccc(F)c2)C1. The zero-order valence-corrected chi connectivity index (χ0v) is 14.3. The number of hydrogen-bond acceptors (Lipinski definition) is 4. The number of ether oxygens (including phenoxy) is 2. The van der Waals surface area contributed by atoms with Crippen LogP contribution in [0.4, 0.5) is 4.39 Å². The first-order valence-corrected chi connectivity index (χ1v) is 8.32. The van der Waals surface area contributed by atoms with Crippen molar-refractivity contribution in [1.29, 1.82) is 0 Å². The molecule has 5 nitrogen and oxygen atoms in total. The third-order valence-electron chi connectivity index (χ3n) is 3.91. The number of morpholine rings is 1. The van der Waals surface area contributed by atoms with Crippen molar-refractivity contribution in [3.63, 3.8) is 0 Å². The maximum Gasteiger partial charge on any atom is 0.276 e. The van der Waals surface area contributed by atoms with Gasteiger partial charge in [0.1, 0.15) is 11.9 Å². The van der Waals surface area contributed by atoms with Crippen molar-refractivity contribution in [2.75, 3.05) is 19.7 Å². The first-order chi connectivity index (χ1) is 12.0. The lowest BCUT2D eigenvalue weighted by Crippen LogP contribution is -2.42. The Morgan fingerprint density at radius 2 is 2.20 bits per heavy atom. The third kappa shape index (κ3) is 4.14. The Morgan fingerprint density at radius 1 is 1.36 bits per heavy atom. The predicted molar refractivity (Wildman–Crippen MR) is 91.0 cm³/mol. The lowest BCUT2D eigenvalue weighted by molar-refractivity contribution is -0.0232. The molecule has 1 aliphatic heterocycles. The van der Waals surface area contributed by atoms with Crippen LogP contribution in [0.2, 0.25) is 0 Å². The third-order valence-corrected chi connectivity index (χ3v) is 3.91. The summed E-state index contributed by atoms with van der Waals surface area (Å²) >= 11 is 0. The Morgan fingerprint density at radius 3 is 2.96 bits per heavy atom. The number of amides is 1. The summed E-state index contributed by atoms with van der Waals surface area (Å²) in [5.74, 6) is -0.0563. The second-order valence-corrected chi connectivity index (χ2v) is 6.18. The van der Waals surface area contributed by atoms with E-state index in [0.29, 0.717) is 25.4 Å². The number of rotatable bonds is 4. The molecule has 0 saturated carbocycles. The Balaban J connectivity index is 1.79. The highest BCUT2D eigenvalue weighted by Gasteiger charge is 2.28. The van der Waals surface area contributed by atoms with Gasteiger partial charge in [-0.3, -0.25) is 4.79 Å². The van der Waals surface area contributed by atoms with Crippen LogP contribution >= 0.6 is 0 Å². The van der Waals surface area contributed by atoms with Gasteiger partial charge in [0, 0.05) is 12.7 Å². The maximum absolute atomic E-state index is 13.5. The van der Waals surface area contributed by atoms with E-state index in [2.05, 4.69) is 4.98 Å². The zero-order valence-electron chi connectivity index (χ0n) is 14.3. The molecule has 0 unspecified atom stereocenters. The van der Waals surface area contributed by atoms with E-state index in [4.69, 9.17) is 9.47 Å². The molecule has 3 rings (SSSR count). The molecule has 1 atom stereocenters. The van der Waals surface area contributed by atoms with E-state index in [1.54, 1.807) is 35.4 Å². The van der Waals surface area contributed by atoms with Gasteiger partial charge in [-0.2, -0.15) is 0 Å². The smallest absolute Gasteiger partial charge is 0.276 e. The fourth-order valence-corrected chi connectivity index (χ4v) is 2.79. The molecular formula is C19H21FN2O3. The van der Waals surface area contributed by atoms with Crippen molar-refractivity contribution in [3.8, 4) is 5.75 Å². The standard InChI is InChI=1S/C19H21FN2O3/c1-13(2)25-16-7-4-8-21-18(16)19(23)22-9-10-24-17(12-22)14-5-3-6-15(20)11-14/h3-8,11,13,17H,9-10,12H2,1-2H3/t17-/m1/s1. The lowest BCUT2D eigenvalue weighted by Gasteiger charge is -2.33. The molecule has 2 heterocycles. The van der Waals surface area contributed by atoms with E-state index >= 15 is 0 Å². The minimum atomic E-state index is -0.355. The number of halogens is 1. The van der Waals surface area contributed by atoms with Crippen molar-refractivity contribution in [1.82, 2.24) is 9.88 Å². The Kier molecular flexibility index (Phi) is 5.28. The van der Waals surface area contributed by atoms with E-state index in [1.807, 2.05) is 13.8 Å². The molecule has 1 aromatic heterocycles. The number of carbonyl (C=O) groups excluding carboxylic acids is 1. The van der Waals surface area contributed by atoms with Crippen molar-refractivity contribution in [2.45, 2.75) is 26.1 Å². The number of pyridine rings is 1. The van der Waals surface area contributed by atoms with Gasteiger partial charge in [-0.25, -0.2) is 9.37 Å². The van der Waals surface area contributed by atoms with Crippen LogP contribution in [0.15, 0.2) is 42.6 Å². The van der Waals surface area contributed by atoms with Crippen molar-refractivity contribution >= 4 is 5.91 Å². The molecule has 1 saturated heterocycles. The molecule has 25 heavy (non-hydrogen) atoms. The van der Waals surface area contributed by atoms with Crippen LogP contribution in [-0.2, 0) is 4.74 Å². The second-order valence-electron chi connectivity index (χ2n) is 6.18. The first-order valence-electron chi connectivity index (χ1n) is 8.32. The van der Waals surface area contributed by atoms with Crippen molar-refractivity contribution in [3.05, 3.63) is 59.7 Å². The van der Waals surface area contributed by atoms with Gasteiger partial charge in [-0.1, -0.05) is 12.1 Å². The second kappa shape index (κ2) is 7.61. The molecule has 0 radical (unpaired) electrons. The average molecular weight is 344 g/mol. The molecule has 1 aromatic carbocycles. The van der Waals surface area contributed by atoms with Crippen LogP contribution in [0.3, 0.4) is 0 Å². The minimum absolute atomic E-state index is 0.0551. The van der Waals surface area contributed by atoms with Crippen molar-refractivity contribution in [2.24, 2.45) is 0 Å². The fourth-order valence-electron chi connectivity index (χ4n) is 2.79. The molecule has 2 aromatic rings. The summed E-state index contributed by atoms with van der Waals surface area (Å²) in [5.41, 5.74) is 1.01. The largest absolute Gasteiger partial charge is 0.489 e. The average Bonchev–Trinajstić information content (AvgIpc) is 2.61. The molecule has 0 bridgehead atoms. The molecule has 0 spiro atoms. The normalized spacial score (nSPS) is 17.6. The highest BCUT2D eigenvalue weighted by Crippen LogP contribution is 2.25. The van der Waals surface area contributed by atoms with Gasteiger partial charge < -0.3 is 14.4 Å². The summed E-state index contributed by atoms with van der Waals surface area (Å²) in [7, 11) is 0. The quantitative estimate of drug-likeness (QED) is 0.854. The molecular weight excluding hydrogens is 323 g/mol. The number of nitrogens with zero attached hydrogens (tertiary/aromatic N) is 2. The van der Waals surface area contributed by atoms with E-state index in [9.17, 15) is 9.18 Å². The van der Waals surface area contributed by atoms with Crippen LogP contribution in [0.1, 0.15) is 36.0 Å². The molecule has 132 valence electrons. The van der Waals surface area contributed by atoms with Gasteiger partial charge in [-0.15, -0.1) is 0 Å². The monoisotopic (exact) mass is 344 g/mol. The highest BCUT2D eigenvalue weighted by molar-refractivity contribution is 5.95. The minimum Gasteiger partial charge on any atom is -0.489 e. The summed E-state index contributed by atoms with van der Waals surface area (Å²) in [4.78, 5) is 18.8. The Bertz CT molecular complexity index is 751. The summed E-state index contributed by atoms with van der Waals surface area (Å²) in [6.07, 6.45) is 1.16. The lowest BCUT2D eigenvalue weighted by atomic mass is 10.1. The number of benzene rings is 1. The van der Waals surface area contributed by atoms with Crippen LogP contribution in [-0.4, -0.2) is 41.6 Å². The molecule has 0 aliphatic carbocycles. The van der Waals surface area contributed by atoms with Crippen LogP contribution < -0.4 is 4.74 Å². The van der Waals surface area contributed by atoms with Crippen molar-refractivity contribution < 1.29 is 18.7 Å². The first kappa shape index (κ1) is 17.4. The van der Waals surface area contributed by atoms with Gasteiger partial charge in [0.2, 0.25) is 0 Å². The van der Waals surface area contributed by atoms with E-state index < -0.39 is 0 Å². The summed E-state index contributed by atoms with van der Waals surface area (Å²) in [6.45, 7) is 4.99. The van der Waals surface area contributed by atoms with Gasteiger partial charge in [0.05, 0.1) is 19.3 Å². The number of aromatic nitrogens is 1. The fraction of sp³-hybridized carbons (Fsp3) is 0.368. The topological polar surface area (TPSA) is 51.7 Å². The Labute approximate surface area is 146 Å². The van der Waals surface area contributed by atoms with Crippen LogP contribution in [0.25, 0.3) is 0 Å². The molecule has 6 heteroatoms. The predicted octanol–water partition coefficient (Wildman–Crippen LogP) is 3.22. The van der Waals surface area contributed by atoms with E-state index in [-0.39, 0.29) is 29.6 Å². The van der Waals surface area contributed by atoms with Crippen LogP contribution in [0, 0.1) is 5.82 Å². The highest BCUT2D eigenvalue weighted by atomic mass is 19.1. The zero-order chi connectivity index (χ0) is 17.8. The summed E-state index contributed by atoms with van der Waals surface area (Å²) < 4.78 is 24.9. The van der Waals surface area contributed by atoms with Gasteiger partial charge in [0.15, 0.2) is 11.4 Å². The van der Waals surface area contributed by atoms with Gasteiger partial charge in [0.25, 0.3) is 5.91 Å². The molecule has 1 aliphatic rings. The number of carbonyl (C=O) groups is 1. The van der Waals surface area contributed by atoms with Gasteiger partial charge in [-0.05, 0) is 43.7 Å². The number of hydrogen-bond donors (Lipinski definition) is 0. The molecule has 0 N–H and O–H groups in total. The maximum atomic E-state index is 13.5. The summed E-state index contributed by atoms with van der Waals surface area (Å²) in [6, 6.07) is 9.75. The molecule has 1 amide bonds. The van der Waals surface area contributed by atoms with Gasteiger partial charge >= 0.3 is 0 Å². The van der Waals surface area contributed by atoms with Crippen LogP contribution in [0.5, 0.6) is 5.75 Å².